The van der Waals surface area contributed by atoms with Gasteiger partial charge in [0.15, 0.2) is 0 Å². The highest BCUT2D eigenvalue weighted by molar-refractivity contribution is 5.94. The van der Waals surface area contributed by atoms with Crippen molar-refractivity contribution in [2.45, 2.75) is 45.2 Å². The third-order valence-corrected chi connectivity index (χ3v) is 2.96. The molecular weight excluding hydrogens is 279 g/mol. The van der Waals surface area contributed by atoms with Crippen LogP contribution < -0.4 is 5.32 Å². The Kier molecular flexibility index (Phi) is 6.99. The Morgan fingerprint density at radius 1 is 1.14 bits per heavy atom. The summed E-state index contributed by atoms with van der Waals surface area (Å²) in [5.74, 6) is -1.96. The molecule has 0 aliphatic rings. The minimum atomic E-state index is -4.86. The Hall–Kier alpha value is -1.78. The molecule has 0 unspecified atom stereocenters. The Balaban J connectivity index is 2.43. The first-order chi connectivity index (χ1) is 9.93. The molecule has 1 N–H and O–H groups in total. The third-order valence-electron chi connectivity index (χ3n) is 2.96. The van der Waals surface area contributed by atoms with Crippen molar-refractivity contribution in [1.29, 1.82) is 0 Å². The predicted molar refractivity (Wildman–Crippen MR) is 78.9 cm³/mol. The van der Waals surface area contributed by atoms with E-state index in [4.69, 9.17) is 0 Å². The lowest BCUT2D eigenvalue weighted by Crippen LogP contribution is -2.29. The molecule has 1 rings (SSSR count). The van der Waals surface area contributed by atoms with Crippen LogP contribution in [0.4, 0.5) is 18.9 Å². The molecule has 0 fully saturated rings. The van der Waals surface area contributed by atoms with Gasteiger partial charge in [-0.05, 0) is 30.5 Å². The van der Waals surface area contributed by atoms with Gasteiger partial charge in [-0.1, -0.05) is 50.5 Å². The van der Waals surface area contributed by atoms with Gasteiger partial charge in [-0.15, -0.1) is 0 Å². The maximum Gasteiger partial charge on any atom is 0.471 e. The van der Waals surface area contributed by atoms with Crippen molar-refractivity contribution in [3.05, 3.63) is 35.9 Å². The number of rotatable bonds is 7. The van der Waals surface area contributed by atoms with Crippen molar-refractivity contribution in [3.8, 4) is 0 Å². The van der Waals surface area contributed by atoms with Crippen molar-refractivity contribution in [2.75, 3.05) is 5.32 Å². The lowest BCUT2D eigenvalue weighted by atomic mass is 10.1. The minimum absolute atomic E-state index is 0.137. The van der Waals surface area contributed by atoms with Crippen LogP contribution in [0.15, 0.2) is 30.3 Å². The second-order valence-electron chi connectivity index (χ2n) is 4.83. The normalized spacial score (nSPS) is 11.8. The highest BCUT2D eigenvalue weighted by atomic mass is 19.4. The molecule has 5 heteroatoms. The molecule has 1 aromatic rings. The van der Waals surface area contributed by atoms with Crippen LogP contribution in [0.2, 0.25) is 0 Å². The molecule has 0 aliphatic heterocycles. The first-order valence-electron chi connectivity index (χ1n) is 7.08. The summed E-state index contributed by atoms with van der Waals surface area (Å²) >= 11 is 0. The number of allylic oxidation sites excluding steroid dienone is 1. The van der Waals surface area contributed by atoms with Crippen LogP contribution >= 0.6 is 0 Å². The highest BCUT2D eigenvalue weighted by Gasteiger charge is 2.38. The molecule has 0 bridgehead atoms. The number of halogens is 3. The van der Waals surface area contributed by atoms with Gasteiger partial charge in [0, 0.05) is 5.69 Å². The first-order valence-corrected chi connectivity index (χ1v) is 7.08. The number of benzene rings is 1. The standard InChI is InChI=1S/C16H20F3NO/c1-2-3-4-5-6-7-8-13-9-11-14(12-10-13)20-15(21)16(17,18)19/h7-12H,2-6H2,1H3,(H,20,21)/b8-7+. The summed E-state index contributed by atoms with van der Waals surface area (Å²) < 4.78 is 36.3. The number of nitrogens with one attached hydrogen (secondary N) is 1. The average Bonchev–Trinajstić information content (AvgIpc) is 2.43. The van der Waals surface area contributed by atoms with Gasteiger partial charge in [0.2, 0.25) is 0 Å². The smallest absolute Gasteiger partial charge is 0.318 e. The van der Waals surface area contributed by atoms with Crippen LogP contribution in [-0.4, -0.2) is 12.1 Å². The number of hydrogen-bond acceptors (Lipinski definition) is 1. The topological polar surface area (TPSA) is 29.1 Å². The Labute approximate surface area is 123 Å². The summed E-state index contributed by atoms with van der Waals surface area (Å²) in [7, 11) is 0. The average molecular weight is 299 g/mol. The molecule has 0 saturated carbocycles. The van der Waals surface area contributed by atoms with Crippen molar-refractivity contribution in [1.82, 2.24) is 0 Å². The van der Waals surface area contributed by atoms with Gasteiger partial charge in [-0.2, -0.15) is 13.2 Å². The van der Waals surface area contributed by atoms with Crippen molar-refractivity contribution >= 4 is 17.7 Å². The number of carbonyl (C=O) groups excluding carboxylic acids is 1. The van der Waals surface area contributed by atoms with E-state index in [2.05, 4.69) is 13.0 Å². The van der Waals surface area contributed by atoms with Gasteiger partial charge in [0.1, 0.15) is 0 Å². The molecule has 1 amide bonds. The maximum atomic E-state index is 12.1. The Morgan fingerprint density at radius 2 is 1.81 bits per heavy atom. The fourth-order valence-electron chi connectivity index (χ4n) is 1.79. The molecule has 0 spiro atoms. The van der Waals surface area contributed by atoms with Gasteiger partial charge in [-0.3, -0.25) is 4.79 Å². The minimum Gasteiger partial charge on any atom is -0.318 e. The number of carbonyl (C=O) groups is 1. The van der Waals surface area contributed by atoms with E-state index in [1.54, 1.807) is 12.1 Å². The van der Waals surface area contributed by atoms with Crippen LogP contribution in [0.1, 0.15) is 44.6 Å². The summed E-state index contributed by atoms with van der Waals surface area (Å²) in [6.45, 7) is 2.16. The van der Waals surface area contributed by atoms with Gasteiger partial charge in [0.25, 0.3) is 0 Å². The zero-order chi connectivity index (χ0) is 15.7. The molecule has 0 aliphatic carbocycles. The van der Waals surface area contributed by atoms with Gasteiger partial charge < -0.3 is 5.32 Å². The zero-order valence-corrected chi connectivity index (χ0v) is 12.0. The van der Waals surface area contributed by atoms with Crippen molar-refractivity contribution < 1.29 is 18.0 Å². The van der Waals surface area contributed by atoms with Crippen LogP contribution in [0.5, 0.6) is 0 Å². The van der Waals surface area contributed by atoms with Gasteiger partial charge in [-0.25, -0.2) is 0 Å². The fourth-order valence-corrected chi connectivity index (χ4v) is 1.79. The molecule has 116 valence electrons. The Bertz CT molecular complexity index is 463. The third kappa shape index (κ3) is 6.97. The molecule has 0 radical (unpaired) electrons. The predicted octanol–water partition coefficient (Wildman–Crippen LogP) is 5.17. The second kappa shape index (κ2) is 8.49. The molecule has 2 nitrogen and oxygen atoms in total. The summed E-state index contributed by atoms with van der Waals surface area (Å²) in [4.78, 5) is 10.8. The lowest BCUT2D eigenvalue weighted by Gasteiger charge is -2.07. The molecule has 1 aromatic carbocycles. The van der Waals surface area contributed by atoms with Gasteiger partial charge in [0.05, 0.1) is 0 Å². The van der Waals surface area contributed by atoms with Gasteiger partial charge >= 0.3 is 12.1 Å². The van der Waals surface area contributed by atoms with Crippen LogP contribution in [0, 0.1) is 0 Å². The quantitative estimate of drug-likeness (QED) is 0.691. The maximum absolute atomic E-state index is 12.1. The number of alkyl halides is 3. The fraction of sp³-hybridized carbons (Fsp3) is 0.438. The Morgan fingerprint density at radius 3 is 2.38 bits per heavy atom. The number of amides is 1. The molecule has 0 atom stereocenters. The molecule has 0 aromatic heterocycles. The van der Waals surface area contributed by atoms with E-state index < -0.39 is 12.1 Å². The number of hydrogen-bond donors (Lipinski definition) is 1. The van der Waals surface area contributed by atoms with Crippen molar-refractivity contribution in [2.24, 2.45) is 0 Å². The highest BCUT2D eigenvalue weighted by Crippen LogP contribution is 2.19. The van der Waals surface area contributed by atoms with E-state index >= 15 is 0 Å². The van der Waals surface area contributed by atoms with E-state index in [9.17, 15) is 18.0 Å². The summed E-state index contributed by atoms with van der Waals surface area (Å²) in [5, 5.41) is 1.81. The molecule has 0 heterocycles. The first kappa shape index (κ1) is 17.3. The number of anilines is 1. The monoisotopic (exact) mass is 299 g/mol. The second-order valence-corrected chi connectivity index (χ2v) is 4.83. The SMILES string of the molecule is CCCCCC/C=C/c1ccc(NC(=O)C(F)(F)F)cc1. The molecule has 0 saturated heterocycles. The van der Waals surface area contributed by atoms with E-state index in [1.807, 2.05) is 11.4 Å². The lowest BCUT2D eigenvalue weighted by molar-refractivity contribution is -0.167. The van der Waals surface area contributed by atoms with Crippen LogP contribution in [-0.2, 0) is 4.79 Å². The molecule has 21 heavy (non-hydrogen) atoms. The van der Waals surface area contributed by atoms with Crippen LogP contribution in [0.3, 0.4) is 0 Å². The van der Waals surface area contributed by atoms with E-state index in [0.29, 0.717) is 0 Å². The van der Waals surface area contributed by atoms with E-state index in [-0.39, 0.29) is 5.69 Å². The summed E-state index contributed by atoms with van der Waals surface area (Å²) in [6.07, 6.45) is 4.91. The summed E-state index contributed by atoms with van der Waals surface area (Å²) in [6, 6.07) is 6.27. The van der Waals surface area contributed by atoms with E-state index in [1.165, 1.54) is 31.4 Å². The van der Waals surface area contributed by atoms with E-state index in [0.717, 1.165) is 18.4 Å². The summed E-state index contributed by atoms with van der Waals surface area (Å²) in [5.41, 5.74) is 1.04. The van der Waals surface area contributed by atoms with Crippen molar-refractivity contribution in [3.63, 3.8) is 0 Å². The number of unbranched alkanes of at least 4 members (excludes halogenated alkanes) is 4. The zero-order valence-electron chi connectivity index (χ0n) is 12.0. The largest absolute Gasteiger partial charge is 0.471 e. The van der Waals surface area contributed by atoms with Crippen LogP contribution in [0.25, 0.3) is 6.08 Å². The molecular formula is C16H20F3NO.